The molecular formula is C16H28N4O. The van der Waals surface area contributed by atoms with Crippen LogP contribution < -0.4 is 10.6 Å². The van der Waals surface area contributed by atoms with E-state index in [-0.39, 0.29) is 6.04 Å². The van der Waals surface area contributed by atoms with Gasteiger partial charge in [0.15, 0.2) is 0 Å². The Morgan fingerprint density at radius 3 is 2.57 bits per heavy atom. The lowest BCUT2D eigenvalue weighted by Gasteiger charge is -2.22. The van der Waals surface area contributed by atoms with Gasteiger partial charge in [-0.05, 0) is 25.2 Å². The second-order valence-electron chi connectivity index (χ2n) is 6.15. The number of hydrogen-bond donors (Lipinski definition) is 2. The van der Waals surface area contributed by atoms with Crippen LogP contribution in [0.2, 0.25) is 0 Å². The highest BCUT2D eigenvalue weighted by Crippen LogP contribution is 2.38. The van der Waals surface area contributed by atoms with Crippen LogP contribution in [0.3, 0.4) is 0 Å². The molecule has 2 N–H and O–H groups in total. The van der Waals surface area contributed by atoms with Crippen LogP contribution >= 0.6 is 0 Å². The standard InChI is InChI=1S/C16H28N4O/c1-5-8-17-14-9-15(18-13(10-21-4)11(2)3)20-16(19-14)12-6-7-12/h9,11-13H,5-8,10H2,1-4H3,(H2,17,18,19,20). The van der Waals surface area contributed by atoms with Crippen molar-refractivity contribution in [3.05, 3.63) is 11.9 Å². The molecule has 1 aromatic rings. The molecule has 5 nitrogen and oxygen atoms in total. The van der Waals surface area contributed by atoms with Crippen LogP contribution in [-0.4, -0.2) is 36.3 Å². The molecule has 5 heteroatoms. The number of hydrogen-bond acceptors (Lipinski definition) is 5. The summed E-state index contributed by atoms with van der Waals surface area (Å²) in [5.41, 5.74) is 0. The van der Waals surface area contributed by atoms with E-state index in [2.05, 4.69) is 36.4 Å². The number of anilines is 2. The predicted molar refractivity (Wildman–Crippen MR) is 86.9 cm³/mol. The van der Waals surface area contributed by atoms with E-state index in [9.17, 15) is 0 Å². The zero-order valence-corrected chi connectivity index (χ0v) is 13.6. The molecule has 0 amide bonds. The van der Waals surface area contributed by atoms with Crippen LogP contribution in [0.5, 0.6) is 0 Å². The van der Waals surface area contributed by atoms with Crippen molar-refractivity contribution in [2.75, 3.05) is 30.9 Å². The molecular weight excluding hydrogens is 264 g/mol. The first-order chi connectivity index (χ1) is 10.1. The molecule has 118 valence electrons. The highest BCUT2D eigenvalue weighted by atomic mass is 16.5. The Labute approximate surface area is 127 Å². The summed E-state index contributed by atoms with van der Waals surface area (Å²) < 4.78 is 5.30. The monoisotopic (exact) mass is 292 g/mol. The highest BCUT2D eigenvalue weighted by Gasteiger charge is 2.27. The maximum absolute atomic E-state index is 5.30. The van der Waals surface area contributed by atoms with Crippen LogP contribution in [0.25, 0.3) is 0 Å². The van der Waals surface area contributed by atoms with Gasteiger partial charge in [-0.2, -0.15) is 0 Å². The first-order valence-electron chi connectivity index (χ1n) is 8.02. The number of ether oxygens (including phenoxy) is 1. The molecule has 1 aromatic heterocycles. The summed E-state index contributed by atoms with van der Waals surface area (Å²) in [7, 11) is 1.74. The smallest absolute Gasteiger partial charge is 0.136 e. The lowest BCUT2D eigenvalue weighted by Crippen LogP contribution is -2.31. The minimum Gasteiger partial charge on any atom is -0.383 e. The molecule has 1 unspecified atom stereocenters. The molecule has 21 heavy (non-hydrogen) atoms. The van der Waals surface area contributed by atoms with Gasteiger partial charge in [0.05, 0.1) is 12.6 Å². The zero-order valence-electron chi connectivity index (χ0n) is 13.6. The normalized spacial score (nSPS) is 16.0. The fourth-order valence-electron chi connectivity index (χ4n) is 2.18. The Balaban J connectivity index is 2.14. The Morgan fingerprint density at radius 1 is 1.29 bits per heavy atom. The summed E-state index contributed by atoms with van der Waals surface area (Å²) >= 11 is 0. The Kier molecular flexibility index (Phi) is 5.79. The number of aromatic nitrogens is 2. The molecule has 1 aliphatic rings. The molecule has 0 radical (unpaired) electrons. The van der Waals surface area contributed by atoms with Crippen molar-refractivity contribution in [3.63, 3.8) is 0 Å². The molecule has 1 heterocycles. The van der Waals surface area contributed by atoms with Crippen molar-refractivity contribution in [1.29, 1.82) is 0 Å². The molecule has 2 rings (SSSR count). The zero-order chi connectivity index (χ0) is 15.2. The van der Waals surface area contributed by atoms with Gasteiger partial charge < -0.3 is 15.4 Å². The van der Waals surface area contributed by atoms with Gasteiger partial charge in [0, 0.05) is 25.6 Å². The van der Waals surface area contributed by atoms with Gasteiger partial charge in [0.1, 0.15) is 17.5 Å². The maximum Gasteiger partial charge on any atom is 0.136 e. The molecule has 1 atom stereocenters. The summed E-state index contributed by atoms with van der Waals surface area (Å²) in [5.74, 6) is 3.83. The molecule has 1 fully saturated rings. The topological polar surface area (TPSA) is 59.1 Å². The van der Waals surface area contributed by atoms with E-state index in [1.165, 1.54) is 12.8 Å². The molecule has 0 spiro atoms. The molecule has 0 aromatic carbocycles. The van der Waals surface area contributed by atoms with E-state index < -0.39 is 0 Å². The van der Waals surface area contributed by atoms with Gasteiger partial charge in [-0.3, -0.25) is 0 Å². The van der Waals surface area contributed by atoms with Crippen LogP contribution in [0.4, 0.5) is 11.6 Å². The lowest BCUT2D eigenvalue weighted by molar-refractivity contribution is 0.171. The number of rotatable bonds is 9. The molecule has 0 bridgehead atoms. The lowest BCUT2D eigenvalue weighted by atomic mass is 10.1. The van der Waals surface area contributed by atoms with Gasteiger partial charge in [0.25, 0.3) is 0 Å². The van der Waals surface area contributed by atoms with Gasteiger partial charge in [-0.25, -0.2) is 9.97 Å². The van der Waals surface area contributed by atoms with E-state index in [0.717, 1.165) is 30.4 Å². The van der Waals surface area contributed by atoms with Crippen molar-refractivity contribution in [2.45, 2.75) is 52.0 Å². The van der Waals surface area contributed by atoms with Gasteiger partial charge >= 0.3 is 0 Å². The second-order valence-corrected chi connectivity index (χ2v) is 6.15. The number of methoxy groups -OCH3 is 1. The van der Waals surface area contributed by atoms with Crippen LogP contribution in [0.1, 0.15) is 51.8 Å². The average molecular weight is 292 g/mol. The van der Waals surface area contributed by atoms with E-state index >= 15 is 0 Å². The van der Waals surface area contributed by atoms with Gasteiger partial charge in [-0.15, -0.1) is 0 Å². The first-order valence-corrected chi connectivity index (χ1v) is 8.02. The molecule has 0 aliphatic heterocycles. The van der Waals surface area contributed by atoms with Crippen molar-refractivity contribution in [3.8, 4) is 0 Å². The SMILES string of the molecule is CCCNc1cc(NC(COC)C(C)C)nc(C2CC2)n1. The van der Waals surface area contributed by atoms with Crippen molar-refractivity contribution >= 4 is 11.6 Å². The predicted octanol–water partition coefficient (Wildman–Crippen LogP) is 3.26. The third-order valence-corrected chi connectivity index (χ3v) is 3.73. The fourth-order valence-corrected chi connectivity index (χ4v) is 2.18. The van der Waals surface area contributed by atoms with Crippen molar-refractivity contribution in [2.24, 2.45) is 5.92 Å². The van der Waals surface area contributed by atoms with Crippen LogP contribution in [-0.2, 0) is 4.74 Å². The summed E-state index contributed by atoms with van der Waals surface area (Å²) in [4.78, 5) is 9.33. The summed E-state index contributed by atoms with van der Waals surface area (Å²) in [5, 5.41) is 6.87. The van der Waals surface area contributed by atoms with Gasteiger partial charge in [0.2, 0.25) is 0 Å². The largest absolute Gasteiger partial charge is 0.383 e. The van der Waals surface area contributed by atoms with E-state index in [1.54, 1.807) is 7.11 Å². The molecule has 0 saturated heterocycles. The minimum absolute atomic E-state index is 0.260. The Morgan fingerprint density at radius 2 is 2.00 bits per heavy atom. The van der Waals surface area contributed by atoms with Crippen LogP contribution in [0.15, 0.2) is 6.07 Å². The van der Waals surface area contributed by atoms with E-state index in [1.807, 2.05) is 6.07 Å². The quantitative estimate of drug-likeness (QED) is 0.731. The van der Waals surface area contributed by atoms with E-state index in [0.29, 0.717) is 18.4 Å². The Bertz CT molecular complexity index is 446. The van der Waals surface area contributed by atoms with Gasteiger partial charge in [-0.1, -0.05) is 20.8 Å². The number of nitrogens with zero attached hydrogens (tertiary/aromatic N) is 2. The minimum atomic E-state index is 0.260. The van der Waals surface area contributed by atoms with Crippen molar-refractivity contribution in [1.82, 2.24) is 9.97 Å². The first kappa shape index (κ1) is 16.0. The summed E-state index contributed by atoms with van der Waals surface area (Å²) in [6.45, 7) is 8.15. The summed E-state index contributed by atoms with van der Waals surface area (Å²) in [6, 6.07) is 2.27. The average Bonchev–Trinajstić information content (AvgIpc) is 3.29. The molecule has 1 aliphatic carbocycles. The second kappa shape index (κ2) is 7.59. The van der Waals surface area contributed by atoms with E-state index in [4.69, 9.17) is 9.72 Å². The number of nitrogens with one attached hydrogen (secondary N) is 2. The maximum atomic E-state index is 5.30. The Hall–Kier alpha value is -1.36. The summed E-state index contributed by atoms with van der Waals surface area (Å²) in [6.07, 6.45) is 3.51. The van der Waals surface area contributed by atoms with Crippen molar-refractivity contribution < 1.29 is 4.74 Å². The highest BCUT2D eigenvalue weighted by molar-refractivity contribution is 5.48. The third-order valence-electron chi connectivity index (χ3n) is 3.73. The van der Waals surface area contributed by atoms with Crippen LogP contribution in [0, 0.1) is 5.92 Å². The fraction of sp³-hybridized carbons (Fsp3) is 0.750. The molecule has 1 saturated carbocycles. The third kappa shape index (κ3) is 4.84.